The van der Waals surface area contributed by atoms with Crippen LogP contribution in [0.1, 0.15) is 72.2 Å². The lowest BCUT2D eigenvalue weighted by atomic mass is 9.67. The van der Waals surface area contributed by atoms with Crippen LogP contribution in [0.2, 0.25) is 0 Å². The maximum Gasteiger partial charge on any atom is 0.0714 e. The maximum absolute atomic E-state index is 2.54. The zero-order valence-electron chi connectivity index (χ0n) is 37.8. The summed E-state index contributed by atoms with van der Waals surface area (Å²) in [7, 11) is 0. The van der Waals surface area contributed by atoms with Gasteiger partial charge in [-0.1, -0.05) is 216 Å². The lowest BCUT2D eigenvalue weighted by molar-refractivity contribution is 0.660. The summed E-state index contributed by atoms with van der Waals surface area (Å²) in [5.41, 5.74) is 23.7. The van der Waals surface area contributed by atoms with Crippen molar-refractivity contribution < 1.29 is 0 Å². The van der Waals surface area contributed by atoms with E-state index >= 15 is 0 Å². The molecule has 0 bridgehead atoms. The van der Waals surface area contributed by atoms with Gasteiger partial charge in [-0.25, -0.2) is 0 Å². The molecular formula is C65H49N. The van der Waals surface area contributed by atoms with Gasteiger partial charge in [-0.3, -0.25) is 0 Å². The van der Waals surface area contributed by atoms with Gasteiger partial charge in [0.25, 0.3) is 0 Å². The highest BCUT2D eigenvalue weighted by Gasteiger charge is 2.47. The van der Waals surface area contributed by atoms with Crippen molar-refractivity contribution in [2.45, 2.75) is 43.9 Å². The molecule has 0 N–H and O–H groups in total. The molecule has 3 aliphatic carbocycles. The average molecular weight is 844 g/mol. The average Bonchev–Trinajstić information content (AvgIpc) is 3.90. The largest absolute Gasteiger partial charge is 0.310 e. The predicted molar refractivity (Wildman–Crippen MR) is 276 cm³/mol. The van der Waals surface area contributed by atoms with Gasteiger partial charge in [0.2, 0.25) is 0 Å². The molecule has 10 aromatic rings. The van der Waals surface area contributed by atoms with Crippen LogP contribution in [0.15, 0.2) is 224 Å². The Morgan fingerprint density at radius 1 is 0.333 bits per heavy atom. The van der Waals surface area contributed by atoms with Gasteiger partial charge in [0.15, 0.2) is 0 Å². The normalized spacial score (nSPS) is 15.0. The van der Waals surface area contributed by atoms with Gasteiger partial charge in [-0.05, 0) is 131 Å². The van der Waals surface area contributed by atoms with E-state index in [0.717, 1.165) is 11.4 Å². The fraction of sp³-hybridized carbons (Fsp3) is 0.108. The second kappa shape index (κ2) is 14.1. The van der Waals surface area contributed by atoms with Crippen LogP contribution in [0, 0.1) is 0 Å². The predicted octanol–water partition coefficient (Wildman–Crippen LogP) is 17.0. The third-order valence-corrected chi connectivity index (χ3v) is 15.5. The maximum atomic E-state index is 2.54. The number of rotatable bonds is 6. The molecule has 0 amide bonds. The van der Waals surface area contributed by atoms with Crippen LogP contribution in [0.5, 0.6) is 0 Å². The second-order valence-corrected chi connectivity index (χ2v) is 19.6. The number of fused-ring (bicyclic) bond motifs is 11. The monoisotopic (exact) mass is 843 g/mol. The van der Waals surface area contributed by atoms with Gasteiger partial charge in [0.05, 0.1) is 11.1 Å². The van der Waals surface area contributed by atoms with E-state index in [-0.39, 0.29) is 10.8 Å². The van der Waals surface area contributed by atoms with E-state index in [2.05, 4.69) is 257 Å². The van der Waals surface area contributed by atoms with Crippen molar-refractivity contribution in [2.75, 3.05) is 4.90 Å². The molecule has 0 aliphatic heterocycles. The lowest BCUT2D eigenvalue weighted by Gasteiger charge is -2.35. The van der Waals surface area contributed by atoms with E-state index in [9.17, 15) is 0 Å². The van der Waals surface area contributed by atoms with E-state index in [1.807, 2.05) is 0 Å². The molecular weight excluding hydrogens is 795 g/mol. The molecule has 1 heteroatoms. The van der Waals surface area contributed by atoms with Crippen LogP contribution in [0.4, 0.5) is 17.1 Å². The van der Waals surface area contributed by atoms with Gasteiger partial charge in [0.1, 0.15) is 0 Å². The summed E-state index contributed by atoms with van der Waals surface area (Å²) in [5.74, 6) is 0. The highest BCUT2D eigenvalue weighted by atomic mass is 15.1. The molecule has 0 saturated carbocycles. The highest BCUT2D eigenvalue weighted by Crippen LogP contribution is 2.60. The Bertz CT molecular complexity index is 3540. The van der Waals surface area contributed by atoms with Crippen LogP contribution in [0.25, 0.3) is 55.3 Å². The summed E-state index contributed by atoms with van der Waals surface area (Å²) in [6, 6.07) is 84.4. The Morgan fingerprint density at radius 2 is 0.864 bits per heavy atom. The van der Waals surface area contributed by atoms with E-state index in [4.69, 9.17) is 0 Å². The molecule has 0 unspecified atom stereocenters. The van der Waals surface area contributed by atoms with Crippen LogP contribution >= 0.6 is 0 Å². The van der Waals surface area contributed by atoms with Crippen molar-refractivity contribution in [3.05, 3.63) is 269 Å². The fourth-order valence-corrected chi connectivity index (χ4v) is 12.6. The van der Waals surface area contributed by atoms with Gasteiger partial charge in [0, 0.05) is 27.8 Å². The first-order valence-electron chi connectivity index (χ1n) is 23.4. The summed E-state index contributed by atoms with van der Waals surface area (Å²) < 4.78 is 0. The van der Waals surface area contributed by atoms with Gasteiger partial charge < -0.3 is 4.90 Å². The highest BCUT2D eigenvalue weighted by molar-refractivity contribution is 6.05. The van der Waals surface area contributed by atoms with Crippen molar-refractivity contribution in [3.8, 4) is 44.5 Å². The van der Waals surface area contributed by atoms with Crippen LogP contribution in [0.3, 0.4) is 0 Å². The SMILES string of the molecule is CC1(C)c2ccccc2-c2c(N(c3ccc(-c4cc5ccccc5c5c4-c4ccccc4C5(C)C)cc3)c3ccc4c(c3)C(c3ccccc3)(c3ccccc3)c3ccccc3-4)cccc21. The number of anilines is 3. The Balaban J connectivity index is 1.06. The Labute approximate surface area is 388 Å². The molecule has 13 rings (SSSR count). The molecule has 1 nitrogen and oxygen atoms in total. The van der Waals surface area contributed by atoms with Crippen molar-refractivity contribution in [3.63, 3.8) is 0 Å². The van der Waals surface area contributed by atoms with E-state index in [1.165, 1.54) is 105 Å². The van der Waals surface area contributed by atoms with Gasteiger partial charge in [-0.2, -0.15) is 0 Å². The van der Waals surface area contributed by atoms with Crippen LogP contribution < -0.4 is 4.90 Å². The molecule has 0 radical (unpaired) electrons. The summed E-state index contributed by atoms with van der Waals surface area (Å²) in [6.07, 6.45) is 0. The standard InChI is InChI=1S/C65H49N/c1-63(2)54-29-16-15-28-52(54)61-57(63)32-19-33-59(61)66(46-36-34-42(35-37-46)53-40-43-20-11-12-25-48(43)62-60(53)51-27-14-17-30-55(51)64(62,3)4)47-38-39-50-49-26-13-18-31-56(49)65(58(50)41-47,44-21-7-5-8-22-44)45-23-9-6-10-24-45/h5-41H,1-4H3. The van der Waals surface area contributed by atoms with E-state index in [1.54, 1.807) is 0 Å². The number of nitrogens with zero attached hydrogens (tertiary/aromatic N) is 1. The third-order valence-electron chi connectivity index (χ3n) is 15.5. The first-order chi connectivity index (χ1) is 32.3. The zero-order chi connectivity index (χ0) is 44.4. The summed E-state index contributed by atoms with van der Waals surface area (Å²) in [6.45, 7) is 9.55. The van der Waals surface area contributed by atoms with Gasteiger partial charge in [-0.15, -0.1) is 0 Å². The third kappa shape index (κ3) is 5.23. The van der Waals surface area contributed by atoms with Crippen molar-refractivity contribution in [2.24, 2.45) is 0 Å². The minimum Gasteiger partial charge on any atom is -0.310 e. The molecule has 0 heterocycles. The molecule has 0 aromatic heterocycles. The molecule has 0 atom stereocenters. The Hall–Kier alpha value is -7.74. The first-order valence-corrected chi connectivity index (χ1v) is 23.4. The minimum absolute atomic E-state index is 0.127. The number of benzene rings is 10. The molecule has 66 heavy (non-hydrogen) atoms. The zero-order valence-corrected chi connectivity index (χ0v) is 37.8. The molecule has 0 saturated heterocycles. The Kier molecular flexibility index (Phi) is 8.28. The van der Waals surface area contributed by atoms with Crippen LogP contribution in [-0.2, 0) is 16.2 Å². The number of hydrogen-bond donors (Lipinski definition) is 0. The van der Waals surface area contributed by atoms with Crippen molar-refractivity contribution in [1.82, 2.24) is 0 Å². The molecule has 314 valence electrons. The second-order valence-electron chi connectivity index (χ2n) is 19.6. The Morgan fingerprint density at radius 3 is 1.56 bits per heavy atom. The first kappa shape index (κ1) is 38.7. The van der Waals surface area contributed by atoms with Crippen molar-refractivity contribution >= 4 is 27.8 Å². The molecule has 0 fully saturated rings. The molecule has 10 aromatic carbocycles. The van der Waals surface area contributed by atoms with Gasteiger partial charge >= 0.3 is 0 Å². The summed E-state index contributed by atoms with van der Waals surface area (Å²) in [4.78, 5) is 2.54. The summed E-state index contributed by atoms with van der Waals surface area (Å²) in [5, 5.41) is 2.61. The lowest BCUT2D eigenvalue weighted by Crippen LogP contribution is -2.28. The van der Waals surface area contributed by atoms with Crippen molar-refractivity contribution in [1.29, 1.82) is 0 Å². The summed E-state index contributed by atoms with van der Waals surface area (Å²) >= 11 is 0. The van der Waals surface area contributed by atoms with E-state index < -0.39 is 5.41 Å². The van der Waals surface area contributed by atoms with Crippen LogP contribution in [-0.4, -0.2) is 0 Å². The number of hydrogen-bond acceptors (Lipinski definition) is 1. The smallest absolute Gasteiger partial charge is 0.0714 e. The van der Waals surface area contributed by atoms with E-state index in [0.29, 0.717) is 0 Å². The minimum atomic E-state index is -0.520. The molecule has 3 aliphatic rings. The molecule has 0 spiro atoms. The topological polar surface area (TPSA) is 3.24 Å². The fourth-order valence-electron chi connectivity index (χ4n) is 12.6. The quantitative estimate of drug-likeness (QED) is 0.161.